The molecule has 1 aliphatic heterocycles. The summed E-state index contributed by atoms with van der Waals surface area (Å²) in [7, 11) is 0. The van der Waals surface area contributed by atoms with E-state index in [4.69, 9.17) is 10.5 Å². The van der Waals surface area contributed by atoms with Gasteiger partial charge in [0.15, 0.2) is 0 Å². The zero-order valence-corrected chi connectivity index (χ0v) is 14.0. The highest BCUT2D eigenvalue weighted by Crippen LogP contribution is 2.24. The Morgan fingerprint density at radius 1 is 1.00 bits per heavy atom. The number of halogens is 1. The Bertz CT molecular complexity index is 651. The van der Waals surface area contributed by atoms with Gasteiger partial charge >= 0.3 is 0 Å². The van der Waals surface area contributed by atoms with E-state index in [0.29, 0.717) is 18.0 Å². The fourth-order valence-corrected chi connectivity index (χ4v) is 3.14. The van der Waals surface area contributed by atoms with Crippen molar-refractivity contribution in [1.82, 2.24) is 4.90 Å². The van der Waals surface area contributed by atoms with Crippen molar-refractivity contribution < 1.29 is 9.13 Å². The van der Waals surface area contributed by atoms with Crippen molar-refractivity contribution in [3.8, 4) is 5.75 Å². The predicted octanol–water partition coefficient (Wildman–Crippen LogP) is 4.02. The van der Waals surface area contributed by atoms with Crippen molar-refractivity contribution in [2.75, 3.05) is 25.4 Å². The minimum atomic E-state index is -0.239. The molecular weight excluding hydrogens is 303 g/mol. The lowest BCUT2D eigenvalue weighted by atomic mass is 10.1. The van der Waals surface area contributed by atoms with Crippen LogP contribution in [0.1, 0.15) is 30.4 Å². The Kier molecular flexibility index (Phi) is 5.70. The third-order valence-electron chi connectivity index (χ3n) is 4.52. The number of hydrogen-bond acceptors (Lipinski definition) is 3. The first-order chi connectivity index (χ1) is 11.7. The van der Waals surface area contributed by atoms with E-state index in [1.807, 2.05) is 12.1 Å². The number of hydrogen-bond donors (Lipinski definition) is 1. The molecule has 0 unspecified atom stereocenters. The first-order valence-corrected chi connectivity index (χ1v) is 8.69. The van der Waals surface area contributed by atoms with Crippen LogP contribution in [-0.4, -0.2) is 24.5 Å². The molecule has 1 saturated heterocycles. The molecule has 0 amide bonds. The molecule has 0 radical (unpaired) electrons. The summed E-state index contributed by atoms with van der Waals surface area (Å²) in [6.45, 7) is 4.05. The van der Waals surface area contributed by atoms with Gasteiger partial charge in [-0.05, 0) is 80.7 Å². The number of rotatable bonds is 7. The number of benzene rings is 2. The van der Waals surface area contributed by atoms with Crippen LogP contribution in [0.4, 0.5) is 10.1 Å². The van der Waals surface area contributed by atoms with Crippen molar-refractivity contribution >= 4 is 5.69 Å². The minimum Gasteiger partial charge on any atom is -0.487 e. The largest absolute Gasteiger partial charge is 0.487 e. The van der Waals surface area contributed by atoms with Gasteiger partial charge in [0.25, 0.3) is 0 Å². The fourth-order valence-electron chi connectivity index (χ4n) is 3.14. The third kappa shape index (κ3) is 4.71. The molecule has 4 heteroatoms. The van der Waals surface area contributed by atoms with E-state index in [-0.39, 0.29) is 5.82 Å². The molecule has 1 aliphatic rings. The fraction of sp³-hybridized carbons (Fsp3) is 0.400. The van der Waals surface area contributed by atoms with Gasteiger partial charge in [0.1, 0.15) is 18.2 Å². The zero-order valence-electron chi connectivity index (χ0n) is 14.0. The summed E-state index contributed by atoms with van der Waals surface area (Å²) in [5, 5.41) is 0. The summed E-state index contributed by atoms with van der Waals surface area (Å²) >= 11 is 0. The first kappa shape index (κ1) is 16.8. The van der Waals surface area contributed by atoms with E-state index >= 15 is 0 Å². The van der Waals surface area contributed by atoms with Gasteiger partial charge in [-0.3, -0.25) is 0 Å². The van der Waals surface area contributed by atoms with Gasteiger partial charge in [-0.15, -0.1) is 0 Å². The molecule has 0 aliphatic carbocycles. The van der Waals surface area contributed by atoms with Crippen LogP contribution >= 0.6 is 0 Å². The van der Waals surface area contributed by atoms with Crippen molar-refractivity contribution in [2.24, 2.45) is 0 Å². The summed E-state index contributed by atoms with van der Waals surface area (Å²) in [5.41, 5.74) is 8.94. The summed E-state index contributed by atoms with van der Waals surface area (Å²) in [4.78, 5) is 2.53. The standard InChI is InChI=1S/C20H25FN2O/c21-18-8-5-17(6-9-18)15-24-20-10-7-16(14-19(20)22)4-3-13-23-11-1-2-12-23/h5-10,14H,1-4,11-13,15,22H2. The average Bonchev–Trinajstić information content (AvgIpc) is 3.09. The normalized spacial score (nSPS) is 14.9. The lowest BCUT2D eigenvalue weighted by molar-refractivity contribution is 0.307. The zero-order chi connectivity index (χ0) is 16.8. The van der Waals surface area contributed by atoms with Gasteiger partial charge in [-0.2, -0.15) is 0 Å². The molecule has 1 heterocycles. The smallest absolute Gasteiger partial charge is 0.142 e. The molecule has 1 fully saturated rings. The van der Waals surface area contributed by atoms with Gasteiger partial charge in [-0.1, -0.05) is 18.2 Å². The summed E-state index contributed by atoms with van der Waals surface area (Å²) in [6, 6.07) is 12.3. The number of nitrogen functional groups attached to an aromatic ring is 1. The molecular formula is C20H25FN2O. The van der Waals surface area contributed by atoms with Crippen molar-refractivity contribution in [3.05, 3.63) is 59.4 Å². The summed E-state index contributed by atoms with van der Waals surface area (Å²) in [5.74, 6) is 0.444. The molecule has 3 rings (SSSR count). The molecule has 0 spiro atoms. The van der Waals surface area contributed by atoms with Crippen molar-refractivity contribution in [2.45, 2.75) is 32.3 Å². The summed E-state index contributed by atoms with van der Waals surface area (Å²) in [6.07, 6.45) is 4.88. The van der Waals surface area contributed by atoms with Crippen LogP contribution in [0.5, 0.6) is 5.75 Å². The number of aryl methyl sites for hydroxylation is 1. The van der Waals surface area contributed by atoms with Crippen LogP contribution in [-0.2, 0) is 13.0 Å². The van der Waals surface area contributed by atoms with Gasteiger partial charge in [0.05, 0.1) is 5.69 Å². The Hall–Kier alpha value is -2.07. The maximum Gasteiger partial charge on any atom is 0.142 e. The Morgan fingerprint density at radius 2 is 1.71 bits per heavy atom. The van der Waals surface area contributed by atoms with Gasteiger partial charge < -0.3 is 15.4 Å². The highest BCUT2D eigenvalue weighted by molar-refractivity contribution is 5.54. The predicted molar refractivity (Wildman–Crippen MR) is 95.6 cm³/mol. The Labute approximate surface area is 143 Å². The second-order valence-corrected chi connectivity index (χ2v) is 6.44. The maximum absolute atomic E-state index is 12.9. The quantitative estimate of drug-likeness (QED) is 0.780. The van der Waals surface area contributed by atoms with E-state index in [2.05, 4.69) is 11.0 Å². The molecule has 2 aromatic rings. The Morgan fingerprint density at radius 3 is 2.42 bits per heavy atom. The average molecular weight is 328 g/mol. The minimum absolute atomic E-state index is 0.239. The van der Waals surface area contributed by atoms with E-state index in [1.54, 1.807) is 12.1 Å². The molecule has 128 valence electrons. The van der Waals surface area contributed by atoms with Gasteiger partial charge in [-0.25, -0.2) is 4.39 Å². The van der Waals surface area contributed by atoms with Crippen molar-refractivity contribution in [1.29, 1.82) is 0 Å². The highest BCUT2D eigenvalue weighted by Gasteiger charge is 2.10. The van der Waals surface area contributed by atoms with Crippen LogP contribution in [0.15, 0.2) is 42.5 Å². The summed E-state index contributed by atoms with van der Waals surface area (Å²) < 4.78 is 18.6. The number of nitrogens with zero attached hydrogens (tertiary/aromatic N) is 1. The molecule has 2 aromatic carbocycles. The number of anilines is 1. The monoisotopic (exact) mass is 328 g/mol. The van der Waals surface area contributed by atoms with Gasteiger partial charge in [0.2, 0.25) is 0 Å². The highest BCUT2D eigenvalue weighted by atomic mass is 19.1. The molecule has 3 nitrogen and oxygen atoms in total. The SMILES string of the molecule is Nc1cc(CCCN2CCCC2)ccc1OCc1ccc(F)cc1. The third-order valence-corrected chi connectivity index (χ3v) is 4.52. The van der Waals surface area contributed by atoms with Crippen LogP contribution < -0.4 is 10.5 Å². The number of ether oxygens (including phenoxy) is 1. The van der Waals surface area contributed by atoms with E-state index < -0.39 is 0 Å². The van der Waals surface area contributed by atoms with Gasteiger partial charge in [0, 0.05) is 0 Å². The molecule has 2 N–H and O–H groups in total. The Balaban J connectivity index is 1.49. The van der Waals surface area contributed by atoms with Crippen molar-refractivity contribution in [3.63, 3.8) is 0 Å². The van der Waals surface area contributed by atoms with E-state index in [9.17, 15) is 4.39 Å². The van der Waals surface area contributed by atoms with Crippen LogP contribution in [0.25, 0.3) is 0 Å². The first-order valence-electron chi connectivity index (χ1n) is 8.69. The topological polar surface area (TPSA) is 38.5 Å². The lowest BCUT2D eigenvalue weighted by Crippen LogP contribution is -2.20. The number of likely N-dealkylation sites (tertiary alicyclic amines) is 1. The molecule has 0 saturated carbocycles. The van der Waals surface area contributed by atoms with Crippen LogP contribution in [0, 0.1) is 5.82 Å². The maximum atomic E-state index is 12.9. The van der Waals surface area contributed by atoms with Crippen LogP contribution in [0.3, 0.4) is 0 Å². The molecule has 0 bridgehead atoms. The second kappa shape index (κ2) is 8.15. The van der Waals surface area contributed by atoms with E-state index in [1.165, 1.54) is 50.2 Å². The molecule has 0 aromatic heterocycles. The molecule has 0 atom stereocenters. The second-order valence-electron chi connectivity index (χ2n) is 6.44. The molecule has 24 heavy (non-hydrogen) atoms. The van der Waals surface area contributed by atoms with E-state index in [0.717, 1.165) is 18.4 Å². The lowest BCUT2D eigenvalue weighted by Gasteiger charge is -2.14. The number of nitrogens with two attached hydrogens (primary N) is 1. The van der Waals surface area contributed by atoms with Crippen LogP contribution in [0.2, 0.25) is 0 Å².